The molecule has 0 rings (SSSR count). The molecular formula is C76H148O17P2. The second-order valence-corrected chi connectivity index (χ2v) is 31.3. The lowest BCUT2D eigenvalue weighted by Gasteiger charge is -2.21. The number of hydrogen-bond acceptors (Lipinski definition) is 15. The van der Waals surface area contributed by atoms with Gasteiger partial charge in [-0.15, -0.1) is 0 Å². The van der Waals surface area contributed by atoms with Crippen molar-refractivity contribution in [3.8, 4) is 0 Å². The van der Waals surface area contributed by atoms with Crippen LogP contribution in [0.4, 0.5) is 0 Å². The molecule has 0 aliphatic carbocycles. The SMILES string of the molecule is CCCCCCCCCCCCCCCCCCCCCCC(=O)O[C@H](COC(=O)CCCCCCCCCCCCCCCCCCC(C)C)COP(=O)(O)OC[C@@H](O)COP(=O)(O)OC[C@@H](COC(=O)CCCCCCC)OC(=O)CCCCCCCCCCC(C)C. The highest BCUT2D eigenvalue weighted by Crippen LogP contribution is 2.45. The average molecular weight is 1400 g/mol. The third kappa shape index (κ3) is 70.3. The number of rotatable bonds is 75. The molecule has 0 bridgehead atoms. The molecule has 0 saturated heterocycles. The first-order chi connectivity index (χ1) is 45.9. The van der Waals surface area contributed by atoms with Crippen LogP contribution < -0.4 is 0 Å². The quantitative estimate of drug-likeness (QED) is 0.0222. The zero-order valence-corrected chi connectivity index (χ0v) is 63.8. The average Bonchev–Trinajstić information content (AvgIpc) is 1.23. The molecular weight excluding hydrogens is 1250 g/mol. The number of carbonyl (C=O) groups is 4. The Bertz CT molecular complexity index is 1840. The molecule has 0 aliphatic rings. The van der Waals surface area contributed by atoms with Gasteiger partial charge in [0.2, 0.25) is 0 Å². The molecule has 0 amide bonds. The van der Waals surface area contributed by atoms with Crippen molar-refractivity contribution in [1.29, 1.82) is 0 Å². The van der Waals surface area contributed by atoms with Crippen LogP contribution in [0.2, 0.25) is 0 Å². The van der Waals surface area contributed by atoms with Gasteiger partial charge in [-0.3, -0.25) is 37.3 Å². The summed E-state index contributed by atoms with van der Waals surface area (Å²) < 4.78 is 68.3. The summed E-state index contributed by atoms with van der Waals surface area (Å²) in [4.78, 5) is 72.5. The molecule has 2 unspecified atom stereocenters. The molecule has 17 nitrogen and oxygen atoms in total. The highest BCUT2D eigenvalue weighted by molar-refractivity contribution is 7.47. The van der Waals surface area contributed by atoms with Crippen LogP contribution in [-0.4, -0.2) is 96.7 Å². The number of unbranched alkanes of at least 4 members (excludes halogenated alkanes) is 45. The number of phosphoric acid groups is 2. The summed E-state index contributed by atoms with van der Waals surface area (Å²) in [6, 6.07) is 0. The fraction of sp³-hybridized carbons (Fsp3) is 0.947. The number of esters is 4. The van der Waals surface area contributed by atoms with Gasteiger partial charge in [0, 0.05) is 25.7 Å². The van der Waals surface area contributed by atoms with Crippen molar-refractivity contribution in [3.05, 3.63) is 0 Å². The van der Waals surface area contributed by atoms with Gasteiger partial charge >= 0.3 is 39.5 Å². The Balaban J connectivity index is 5.12. The van der Waals surface area contributed by atoms with Gasteiger partial charge < -0.3 is 33.8 Å². The van der Waals surface area contributed by atoms with Crippen LogP contribution in [0.5, 0.6) is 0 Å². The first-order valence-electron chi connectivity index (χ1n) is 39.5. The van der Waals surface area contributed by atoms with Gasteiger partial charge in [0.15, 0.2) is 12.2 Å². The van der Waals surface area contributed by atoms with Gasteiger partial charge in [0.05, 0.1) is 26.4 Å². The number of phosphoric ester groups is 2. The molecule has 0 aromatic carbocycles. The first kappa shape index (κ1) is 93.1. The van der Waals surface area contributed by atoms with E-state index in [0.29, 0.717) is 25.7 Å². The molecule has 0 heterocycles. The Morgan fingerprint density at radius 3 is 0.716 bits per heavy atom. The lowest BCUT2D eigenvalue weighted by molar-refractivity contribution is -0.161. The number of ether oxygens (including phenoxy) is 4. The van der Waals surface area contributed by atoms with Crippen molar-refractivity contribution in [1.82, 2.24) is 0 Å². The number of aliphatic hydroxyl groups excluding tert-OH is 1. The minimum atomic E-state index is -4.96. The van der Waals surface area contributed by atoms with Crippen LogP contribution in [0, 0.1) is 11.8 Å². The third-order valence-corrected chi connectivity index (χ3v) is 19.6. The Morgan fingerprint density at radius 1 is 0.284 bits per heavy atom. The maximum Gasteiger partial charge on any atom is 0.472 e. The van der Waals surface area contributed by atoms with Crippen molar-refractivity contribution in [2.45, 2.75) is 413 Å². The van der Waals surface area contributed by atoms with Crippen LogP contribution >= 0.6 is 15.6 Å². The van der Waals surface area contributed by atoms with E-state index in [9.17, 15) is 43.2 Å². The van der Waals surface area contributed by atoms with Gasteiger partial charge in [0.25, 0.3) is 0 Å². The summed E-state index contributed by atoms with van der Waals surface area (Å²) in [6.45, 7) is 9.49. The van der Waals surface area contributed by atoms with E-state index in [1.54, 1.807) is 0 Å². The van der Waals surface area contributed by atoms with Gasteiger partial charge in [-0.05, 0) is 37.5 Å². The highest BCUT2D eigenvalue weighted by atomic mass is 31.2. The van der Waals surface area contributed by atoms with Crippen molar-refractivity contribution >= 4 is 39.5 Å². The van der Waals surface area contributed by atoms with E-state index in [2.05, 4.69) is 41.5 Å². The predicted molar refractivity (Wildman–Crippen MR) is 386 cm³/mol. The van der Waals surface area contributed by atoms with E-state index < -0.39 is 97.5 Å². The summed E-state index contributed by atoms with van der Waals surface area (Å²) in [5.74, 6) is -0.598. The molecule has 0 radical (unpaired) electrons. The zero-order valence-electron chi connectivity index (χ0n) is 62.0. The Kier molecular flexibility index (Phi) is 66.5. The fourth-order valence-corrected chi connectivity index (χ4v) is 13.2. The van der Waals surface area contributed by atoms with E-state index in [0.717, 1.165) is 108 Å². The normalized spacial score (nSPS) is 14.0. The first-order valence-corrected chi connectivity index (χ1v) is 42.5. The molecule has 95 heavy (non-hydrogen) atoms. The van der Waals surface area contributed by atoms with E-state index in [-0.39, 0.29) is 25.7 Å². The Labute approximate surface area is 581 Å². The summed E-state index contributed by atoms with van der Waals surface area (Å²) in [7, 11) is -9.90. The fourth-order valence-electron chi connectivity index (χ4n) is 11.7. The van der Waals surface area contributed by atoms with Gasteiger partial charge in [-0.25, -0.2) is 9.13 Å². The third-order valence-electron chi connectivity index (χ3n) is 17.7. The second-order valence-electron chi connectivity index (χ2n) is 28.3. The van der Waals surface area contributed by atoms with E-state index >= 15 is 0 Å². The summed E-state index contributed by atoms with van der Waals surface area (Å²) in [5, 5.41) is 10.6. The van der Waals surface area contributed by atoms with Crippen molar-refractivity contribution < 1.29 is 80.2 Å². The van der Waals surface area contributed by atoms with Crippen LogP contribution in [-0.2, 0) is 65.4 Å². The highest BCUT2D eigenvalue weighted by Gasteiger charge is 2.30. The number of aliphatic hydroxyl groups is 1. The number of carbonyl (C=O) groups excluding carboxylic acids is 4. The molecule has 564 valence electrons. The Hall–Kier alpha value is -1.94. The maximum atomic E-state index is 13.1. The van der Waals surface area contributed by atoms with E-state index in [1.165, 1.54) is 205 Å². The zero-order chi connectivity index (χ0) is 70.0. The van der Waals surface area contributed by atoms with Crippen molar-refractivity contribution in [2.75, 3.05) is 39.6 Å². The molecule has 0 fully saturated rings. The van der Waals surface area contributed by atoms with Crippen LogP contribution in [0.1, 0.15) is 395 Å². The summed E-state index contributed by atoms with van der Waals surface area (Å²) >= 11 is 0. The van der Waals surface area contributed by atoms with Gasteiger partial charge in [0.1, 0.15) is 19.3 Å². The van der Waals surface area contributed by atoms with Crippen molar-refractivity contribution in [2.24, 2.45) is 11.8 Å². The van der Waals surface area contributed by atoms with Gasteiger partial charge in [-0.1, -0.05) is 343 Å². The largest absolute Gasteiger partial charge is 0.472 e. The molecule has 5 atom stereocenters. The van der Waals surface area contributed by atoms with Crippen LogP contribution in [0.25, 0.3) is 0 Å². The standard InChI is InChI=1S/C76H148O17P2/c1-7-9-11-13-14-15-16-17-18-19-20-21-22-27-30-33-36-42-48-54-60-75(80)93-72(65-87-74(79)59-53-47-41-35-32-29-26-24-23-25-28-31-34-39-45-50-56-68(3)4)67-91-95(84,85)89-63-70(77)62-88-94(82,83)90-66-71(64-86-73(78)58-52-44-12-10-8-2)92-76(81)61-55-49-43-38-37-40-46-51-57-69(5)6/h68-72,77H,7-67H2,1-6H3,(H,82,83)(H,84,85)/t70-,71+,72+/m0/s1. The van der Waals surface area contributed by atoms with Crippen molar-refractivity contribution in [3.63, 3.8) is 0 Å². The maximum absolute atomic E-state index is 13.1. The lowest BCUT2D eigenvalue weighted by atomic mass is 10.0. The minimum absolute atomic E-state index is 0.104. The topological polar surface area (TPSA) is 237 Å². The molecule has 3 N–H and O–H groups in total. The van der Waals surface area contributed by atoms with Crippen LogP contribution in [0.3, 0.4) is 0 Å². The molecule has 0 aromatic heterocycles. The molecule has 0 saturated carbocycles. The lowest BCUT2D eigenvalue weighted by Crippen LogP contribution is -2.30. The Morgan fingerprint density at radius 2 is 0.484 bits per heavy atom. The summed E-state index contributed by atoms with van der Waals surface area (Å²) in [6.07, 6.45) is 56.2. The number of hydrogen-bond donors (Lipinski definition) is 3. The summed E-state index contributed by atoms with van der Waals surface area (Å²) in [5.41, 5.74) is 0. The predicted octanol–water partition coefficient (Wildman–Crippen LogP) is 22.3. The minimum Gasteiger partial charge on any atom is -0.462 e. The van der Waals surface area contributed by atoms with Gasteiger partial charge in [-0.2, -0.15) is 0 Å². The molecule has 0 aromatic rings. The smallest absolute Gasteiger partial charge is 0.462 e. The second kappa shape index (κ2) is 67.9. The monoisotopic (exact) mass is 1400 g/mol. The molecule has 0 aliphatic heterocycles. The molecule has 0 spiro atoms. The molecule has 19 heteroatoms. The van der Waals surface area contributed by atoms with E-state index in [4.69, 9.17) is 37.0 Å². The van der Waals surface area contributed by atoms with E-state index in [1.807, 2.05) is 0 Å². The van der Waals surface area contributed by atoms with Crippen LogP contribution in [0.15, 0.2) is 0 Å².